The van der Waals surface area contributed by atoms with Gasteiger partial charge in [0, 0.05) is 0 Å². The number of hydrogen-bond acceptors (Lipinski definition) is 4. The van der Waals surface area contributed by atoms with Gasteiger partial charge in [0.25, 0.3) is 0 Å². The number of aromatic amines is 1. The molecule has 0 bridgehead atoms. The van der Waals surface area contributed by atoms with Crippen molar-refractivity contribution >= 4 is 28.9 Å². The van der Waals surface area contributed by atoms with Crippen LogP contribution in [-0.2, 0) is 6.61 Å². The quantitative estimate of drug-likeness (QED) is 0.315. The molecule has 0 radical (unpaired) electrons. The Hall–Kier alpha value is -3.49. The lowest BCUT2D eigenvalue weighted by atomic mass is 10.1. The molecule has 4 nitrogen and oxygen atoms in total. The number of ether oxygens (including phenoxy) is 1. The summed E-state index contributed by atoms with van der Waals surface area (Å²) in [5.41, 5.74) is 5.10. The number of aromatic nitrogens is 2. The third-order valence-corrected chi connectivity index (χ3v) is 5.18. The Balaban J connectivity index is 1.47. The van der Waals surface area contributed by atoms with E-state index in [9.17, 15) is 5.26 Å². The standard InChI is InChI=1S/C24H19N3OS/c1-17-9-11-18(12-10-17)16-28-20-6-4-5-19(13-20)14-21(15-25)29-24-26-22-7-2-3-8-23(22)27-24/h2-14H,16H2,1H3,(H,26,27)/b21-14+. The fourth-order valence-corrected chi connectivity index (χ4v) is 3.62. The smallest absolute Gasteiger partial charge is 0.171 e. The van der Waals surface area contributed by atoms with Crippen LogP contribution < -0.4 is 4.74 Å². The van der Waals surface area contributed by atoms with Gasteiger partial charge in [-0.2, -0.15) is 5.26 Å². The van der Waals surface area contributed by atoms with Crippen molar-refractivity contribution in [2.45, 2.75) is 18.7 Å². The van der Waals surface area contributed by atoms with Gasteiger partial charge in [0.1, 0.15) is 18.4 Å². The van der Waals surface area contributed by atoms with E-state index in [1.165, 1.54) is 17.3 Å². The van der Waals surface area contributed by atoms with E-state index >= 15 is 0 Å². The highest BCUT2D eigenvalue weighted by atomic mass is 32.2. The van der Waals surface area contributed by atoms with E-state index in [4.69, 9.17) is 4.74 Å². The normalized spacial score (nSPS) is 11.4. The summed E-state index contributed by atoms with van der Waals surface area (Å²) in [6, 6.07) is 26.1. The molecular weight excluding hydrogens is 378 g/mol. The number of nitrogens with zero attached hydrogens (tertiary/aromatic N) is 2. The number of benzene rings is 3. The lowest BCUT2D eigenvalue weighted by molar-refractivity contribution is 0.306. The Labute approximate surface area is 173 Å². The predicted octanol–water partition coefficient (Wildman–Crippen LogP) is 6.11. The minimum Gasteiger partial charge on any atom is -0.489 e. The number of imidazole rings is 1. The molecule has 0 saturated heterocycles. The van der Waals surface area contributed by atoms with Crippen LogP contribution in [0.3, 0.4) is 0 Å². The number of fused-ring (bicyclic) bond motifs is 1. The molecule has 0 unspecified atom stereocenters. The molecule has 142 valence electrons. The van der Waals surface area contributed by atoms with Gasteiger partial charge in [-0.25, -0.2) is 4.98 Å². The summed E-state index contributed by atoms with van der Waals surface area (Å²) in [6.07, 6.45) is 1.84. The zero-order chi connectivity index (χ0) is 20.1. The van der Waals surface area contributed by atoms with Crippen LogP contribution in [0.1, 0.15) is 16.7 Å². The second-order valence-electron chi connectivity index (χ2n) is 6.63. The number of rotatable bonds is 6. The van der Waals surface area contributed by atoms with Gasteiger partial charge in [0.15, 0.2) is 5.16 Å². The van der Waals surface area contributed by atoms with Crippen LogP contribution in [0.5, 0.6) is 5.75 Å². The second-order valence-corrected chi connectivity index (χ2v) is 7.66. The van der Waals surface area contributed by atoms with Crippen molar-refractivity contribution in [2.24, 2.45) is 0 Å². The first kappa shape index (κ1) is 18.9. The predicted molar refractivity (Wildman–Crippen MR) is 117 cm³/mol. The molecule has 0 aliphatic heterocycles. The molecule has 0 amide bonds. The molecule has 0 aliphatic carbocycles. The number of para-hydroxylation sites is 2. The van der Waals surface area contributed by atoms with E-state index < -0.39 is 0 Å². The van der Waals surface area contributed by atoms with Crippen molar-refractivity contribution in [1.82, 2.24) is 9.97 Å². The van der Waals surface area contributed by atoms with E-state index in [2.05, 4.69) is 47.2 Å². The molecule has 3 aromatic carbocycles. The molecule has 0 fully saturated rings. The van der Waals surface area contributed by atoms with E-state index in [-0.39, 0.29) is 0 Å². The lowest BCUT2D eigenvalue weighted by Crippen LogP contribution is -1.95. The summed E-state index contributed by atoms with van der Waals surface area (Å²) >= 11 is 1.32. The Morgan fingerprint density at radius 3 is 2.72 bits per heavy atom. The summed E-state index contributed by atoms with van der Waals surface area (Å²) in [5.74, 6) is 0.769. The van der Waals surface area contributed by atoms with Crippen molar-refractivity contribution in [3.8, 4) is 11.8 Å². The Bertz CT molecular complexity index is 1170. The molecule has 0 saturated carbocycles. The van der Waals surface area contributed by atoms with Gasteiger partial charge in [-0.1, -0.05) is 54.1 Å². The number of hydrogen-bond donors (Lipinski definition) is 1. The number of aryl methyl sites for hydroxylation is 1. The summed E-state index contributed by atoms with van der Waals surface area (Å²) in [7, 11) is 0. The minimum absolute atomic E-state index is 0.506. The van der Waals surface area contributed by atoms with Crippen molar-refractivity contribution in [3.63, 3.8) is 0 Å². The molecule has 1 heterocycles. The highest BCUT2D eigenvalue weighted by molar-refractivity contribution is 8.03. The maximum atomic E-state index is 9.56. The molecule has 0 spiro atoms. The summed E-state index contributed by atoms with van der Waals surface area (Å²) in [5, 5.41) is 10.3. The third-order valence-electron chi connectivity index (χ3n) is 4.37. The summed E-state index contributed by atoms with van der Waals surface area (Å²) < 4.78 is 5.91. The van der Waals surface area contributed by atoms with Gasteiger partial charge in [0.2, 0.25) is 0 Å². The van der Waals surface area contributed by atoms with Gasteiger partial charge in [0.05, 0.1) is 15.9 Å². The Kier molecular flexibility index (Phi) is 5.64. The number of nitriles is 1. The highest BCUT2D eigenvalue weighted by Gasteiger charge is 2.07. The average molecular weight is 398 g/mol. The molecule has 0 aliphatic rings. The van der Waals surface area contributed by atoms with Crippen LogP contribution in [0.2, 0.25) is 0 Å². The SMILES string of the molecule is Cc1ccc(COc2cccc(/C=C(\C#N)Sc3nc4ccccc4[nH]3)c2)cc1. The van der Waals surface area contributed by atoms with Crippen LogP contribution in [0.15, 0.2) is 82.9 Å². The molecule has 0 atom stereocenters. The topological polar surface area (TPSA) is 61.7 Å². The Morgan fingerprint density at radius 1 is 1.10 bits per heavy atom. The molecule has 4 rings (SSSR count). The molecule has 1 N–H and O–H groups in total. The molecular formula is C24H19N3OS. The molecule has 29 heavy (non-hydrogen) atoms. The van der Waals surface area contributed by atoms with Gasteiger partial charge in [-0.3, -0.25) is 0 Å². The molecule has 4 aromatic rings. The fourth-order valence-electron chi connectivity index (χ4n) is 2.86. The maximum Gasteiger partial charge on any atom is 0.171 e. The van der Waals surface area contributed by atoms with Crippen molar-refractivity contribution in [1.29, 1.82) is 5.26 Å². The average Bonchev–Trinajstić information content (AvgIpc) is 3.15. The van der Waals surface area contributed by atoms with Crippen molar-refractivity contribution < 1.29 is 4.74 Å². The highest BCUT2D eigenvalue weighted by Crippen LogP contribution is 2.28. The van der Waals surface area contributed by atoms with Gasteiger partial charge in [-0.15, -0.1) is 0 Å². The van der Waals surface area contributed by atoms with Crippen LogP contribution >= 0.6 is 11.8 Å². The van der Waals surface area contributed by atoms with E-state index in [1.807, 2.05) is 54.6 Å². The van der Waals surface area contributed by atoms with Crippen molar-refractivity contribution in [3.05, 3.63) is 94.4 Å². The van der Waals surface area contributed by atoms with Crippen LogP contribution in [0, 0.1) is 18.3 Å². The second kappa shape index (κ2) is 8.68. The first-order valence-electron chi connectivity index (χ1n) is 9.22. The van der Waals surface area contributed by atoms with E-state index in [0.29, 0.717) is 16.7 Å². The maximum absolute atomic E-state index is 9.56. The number of nitrogens with one attached hydrogen (secondary N) is 1. The first-order chi connectivity index (χ1) is 14.2. The minimum atomic E-state index is 0.506. The monoisotopic (exact) mass is 397 g/mol. The fraction of sp³-hybridized carbons (Fsp3) is 0.0833. The van der Waals surface area contributed by atoms with E-state index in [0.717, 1.165) is 27.9 Å². The number of allylic oxidation sites excluding steroid dienone is 1. The lowest BCUT2D eigenvalue weighted by Gasteiger charge is -2.07. The van der Waals surface area contributed by atoms with Gasteiger partial charge in [-0.05, 0) is 60.2 Å². The zero-order valence-corrected chi connectivity index (χ0v) is 16.7. The van der Waals surface area contributed by atoms with Crippen LogP contribution in [0.4, 0.5) is 0 Å². The number of H-pyrrole nitrogens is 1. The molecule has 5 heteroatoms. The largest absolute Gasteiger partial charge is 0.489 e. The summed E-state index contributed by atoms with van der Waals surface area (Å²) in [4.78, 5) is 8.31. The zero-order valence-electron chi connectivity index (χ0n) is 15.9. The van der Waals surface area contributed by atoms with Crippen LogP contribution in [0.25, 0.3) is 17.1 Å². The number of thioether (sulfide) groups is 1. The van der Waals surface area contributed by atoms with Gasteiger partial charge < -0.3 is 9.72 Å². The van der Waals surface area contributed by atoms with Crippen LogP contribution in [-0.4, -0.2) is 9.97 Å². The Morgan fingerprint density at radius 2 is 1.93 bits per heavy atom. The third kappa shape index (κ3) is 4.87. The summed E-state index contributed by atoms with van der Waals surface area (Å²) in [6.45, 7) is 2.57. The van der Waals surface area contributed by atoms with Gasteiger partial charge >= 0.3 is 0 Å². The first-order valence-corrected chi connectivity index (χ1v) is 10.0. The molecule has 1 aromatic heterocycles. The van der Waals surface area contributed by atoms with Crippen molar-refractivity contribution in [2.75, 3.05) is 0 Å². The van der Waals surface area contributed by atoms with E-state index in [1.54, 1.807) is 0 Å².